The molecule has 0 atom stereocenters. The van der Waals surface area contributed by atoms with Gasteiger partial charge in [0.05, 0.1) is 33.9 Å². The van der Waals surface area contributed by atoms with Crippen LogP contribution in [-0.4, -0.2) is 48.1 Å². The van der Waals surface area contributed by atoms with Crippen LogP contribution in [0.1, 0.15) is 35.6 Å². The number of ketones is 1. The number of carbonyl (C=O) groups excluding carboxylic acids is 3. The van der Waals surface area contributed by atoms with E-state index in [1.807, 2.05) is 12.1 Å². The van der Waals surface area contributed by atoms with Crippen LogP contribution < -0.4 is 20.9 Å². The van der Waals surface area contributed by atoms with Gasteiger partial charge in [-0.2, -0.15) is 10.5 Å². The smallest absolute Gasteiger partial charge is 0.323 e. The minimum Gasteiger partial charge on any atom is -0.480 e. The fourth-order valence-electron chi connectivity index (χ4n) is 3.94. The van der Waals surface area contributed by atoms with Gasteiger partial charge >= 0.3 is 12.0 Å². The van der Waals surface area contributed by atoms with Crippen LogP contribution in [0.15, 0.2) is 58.9 Å². The second-order valence-corrected chi connectivity index (χ2v) is 9.12. The van der Waals surface area contributed by atoms with Gasteiger partial charge in [0.25, 0.3) is 0 Å². The quantitative estimate of drug-likeness (QED) is 0.358. The van der Waals surface area contributed by atoms with Crippen LogP contribution in [0.5, 0.6) is 0 Å². The summed E-state index contributed by atoms with van der Waals surface area (Å²) in [4.78, 5) is 55.1. The Labute approximate surface area is 236 Å². The summed E-state index contributed by atoms with van der Waals surface area (Å²) in [5, 5.41) is 35.1. The summed E-state index contributed by atoms with van der Waals surface area (Å²) in [6, 6.07) is 10.7. The summed E-state index contributed by atoms with van der Waals surface area (Å²) in [6.07, 6.45) is 2.67. The number of aliphatic carboxylic acids is 1. The van der Waals surface area contributed by atoms with E-state index < -0.39 is 17.8 Å². The third-order valence-corrected chi connectivity index (χ3v) is 5.98. The van der Waals surface area contributed by atoms with Crippen molar-refractivity contribution in [2.75, 3.05) is 23.8 Å². The maximum absolute atomic E-state index is 12.9. The summed E-state index contributed by atoms with van der Waals surface area (Å²) >= 11 is 0. The Bertz CT molecular complexity index is 1600. The molecule has 1 aliphatic carbocycles. The minimum atomic E-state index is -0.973. The fraction of sp³-hybridized carbons (Fsp3) is 0.207. The minimum absolute atomic E-state index is 0.0813. The van der Waals surface area contributed by atoms with Gasteiger partial charge in [0.2, 0.25) is 11.7 Å². The van der Waals surface area contributed by atoms with Crippen LogP contribution in [0.2, 0.25) is 0 Å². The molecule has 2 aromatic carbocycles. The zero-order chi connectivity index (χ0) is 30.3. The number of benzene rings is 2. The molecule has 4 N–H and O–H groups in total. The van der Waals surface area contributed by atoms with Crippen molar-refractivity contribution in [1.82, 2.24) is 10.6 Å². The Morgan fingerprint density at radius 2 is 1.61 bits per heavy atom. The Hall–Kier alpha value is -5.75. The molecule has 0 aliphatic heterocycles. The molecule has 0 aromatic heterocycles. The summed E-state index contributed by atoms with van der Waals surface area (Å²) in [5.74, 6) is -1.89. The number of carboxylic acids is 1. The number of nitrogens with zero attached hydrogens (tertiary/aromatic N) is 4. The van der Waals surface area contributed by atoms with E-state index in [9.17, 15) is 24.4 Å². The van der Waals surface area contributed by atoms with Crippen molar-refractivity contribution in [1.29, 1.82) is 10.5 Å². The van der Waals surface area contributed by atoms with Gasteiger partial charge in [-0.3, -0.25) is 14.4 Å². The van der Waals surface area contributed by atoms with E-state index in [4.69, 9.17) is 15.4 Å². The normalized spacial score (nSPS) is 13.3. The van der Waals surface area contributed by atoms with Gasteiger partial charge in [-0.15, -0.1) is 0 Å². The van der Waals surface area contributed by atoms with E-state index in [1.165, 1.54) is 24.3 Å². The molecule has 3 rings (SSSR count). The number of amides is 3. The highest BCUT2D eigenvalue weighted by atomic mass is 16.4. The lowest BCUT2D eigenvalue weighted by molar-refractivity contribution is -0.135. The average molecular weight is 554 g/mol. The highest BCUT2D eigenvalue weighted by Gasteiger charge is 2.23. The maximum atomic E-state index is 12.9. The zero-order valence-electron chi connectivity index (χ0n) is 22.8. The molecule has 3 amide bonds. The van der Waals surface area contributed by atoms with Crippen molar-refractivity contribution in [2.24, 2.45) is 4.99 Å². The van der Waals surface area contributed by atoms with Crippen LogP contribution >= 0.6 is 0 Å². The Balaban J connectivity index is 1.96. The van der Waals surface area contributed by atoms with Crippen LogP contribution in [0.3, 0.4) is 0 Å². The Kier molecular flexibility index (Phi) is 9.35. The lowest BCUT2D eigenvalue weighted by atomic mass is 10.0. The number of hydrogen-bond acceptors (Lipinski definition) is 8. The van der Waals surface area contributed by atoms with Gasteiger partial charge in [0.15, 0.2) is 0 Å². The molecular formula is C29H27N7O5. The molecule has 12 heteroatoms. The summed E-state index contributed by atoms with van der Waals surface area (Å²) in [5.41, 5.74) is 3.39. The molecule has 12 nitrogen and oxygen atoms in total. The largest absolute Gasteiger partial charge is 0.480 e. The molecule has 0 spiro atoms. The third kappa shape index (κ3) is 7.43. The first-order chi connectivity index (χ1) is 19.4. The van der Waals surface area contributed by atoms with Crippen molar-refractivity contribution < 1.29 is 24.3 Å². The molecule has 0 radical (unpaired) electrons. The predicted molar refractivity (Wildman–Crippen MR) is 152 cm³/mol. The first kappa shape index (κ1) is 29.8. The van der Waals surface area contributed by atoms with Crippen LogP contribution in [0.25, 0.3) is 0 Å². The van der Waals surface area contributed by atoms with Gasteiger partial charge in [-0.1, -0.05) is 6.92 Å². The number of anilines is 2. The Morgan fingerprint density at radius 1 is 0.951 bits per heavy atom. The molecule has 0 fully saturated rings. The summed E-state index contributed by atoms with van der Waals surface area (Å²) < 4.78 is 0. The van der Waals surface area contributed by atoms with Crippen molar-refractivity contribution in [3.63, 3.8) is 0 Å². The van der Waals surface area contributed by atoms with Gasteiger partial charge in [0.1, 0.15) is 18.7 Å². The highest BCUT2D eigenvalue weighted by Crippen LogP contribution is 2.30. The third-order valence-electron chi connectivity index (χ3n) is 5.98. The second kappa shape index (κ2) is 12.9. The number of allylic oxidation sites excluding steroid dienone is 2. The summed E-state index contributed by atoms with van der Waals surface area (Å²) in [6.45, 7) is 5.07. The van der Waals surface area contributed by atoms with Crippen molar-refractivity contribution in [3.05, 3.63) is 76.1 Å². The SMILES string of the molecule is CCC(=O)NC1=CC(=O)C(NC(=O)Nc2ccc(C#N)c(C#N)c2)=CC1=Nc1c(C)cc(N(C)CC(=O)O)cc1C. The summed E-state index contributed by atoms with van der Waals surface area (Å²) in [7, 11) is 1.66. The van der Waals surface area contributed by atoms with Crippen LogP contribution in [0.4, 0.5) is 21.9 Å². The second-order valence-electron chi connectivity index (χ2n) is 9.12. The maximum Gasteiger partial charge on any atom is 0.323 e. The number of carbonyl (C=O) groups is 4. The molecule has 208 valence electrons. The van der Waals surface area contributed by atoms with Gasteiger partial charge < -0.3 is 26.0 Å². The molecule has 0 heterocycles. The molecular weight excluding hydrogens is 526 g/mol. The van der Waals surface area contributed by atoms with Gasteiger partial charge in [-0.25, -0.2) is 9.79 Å². The first-order valence-corrected chi connectivity index (χ1v) is 12.4. The number of rotatable bonds is 8. The molecule has 1 aliphatic rings. The number of aryl methyl sites for hydroxylation is 2. The zero-order valence-corrected chi connectivity index (χ0v) is 22.8. The van der Waals surface area contributed by atoms with Crippen LogP contribution in [-0.2, 0) is 14.4 Å². The fourth-order valence-corrected chi connectivity index (χ4v) is 3.94. The highest BCUT2D eigenvalue weighted by molar-refractivity contribution is 6.24. The van der Waals surface area contributed by atoms with Gasteiger partial charge in [-0.05, 0) is 61.4 Å². The molecule has 0 saturated carbocycles. The number of nitrogens with one attached hydrogen (secondary N) is 3. The molecule has 0 bridgehead atoms. The number of hydrogen-bond donors (Lipinski definition) is 4. The standard InChI is InChI=1S/C29H27N7O5/c1-5-26(38)33-23-12-25(37)24(35-29(41)32-20-7-6-18(13-30)19(10-20)14-31)11-22(23)34-28-16(2)8-21(9-17(28)3)36(4)15-27(39)40/h6-12H,5,15H2,1-4H3,(H,33,38)(H,39,40)(H2,32,35,41). The molecule has 0 unspecified atom stereocenters. The van der Waals surface area contributed by atoms with Crippen molar-refractivity contribution in [2.45, 2.75) is 27.2 Å². The average Bonchev–Trinajstić information content (AvgIpc) is 2.92. The van der Waals surface area contributed by atoms with Gasteiger partial charge in [0, 0.05) is 30.9 Å². The topological polar surface area (TPSA) is 188 Å². The van der Waals surface area contributed by atoms with Crippen molar-refractivity contribution >= 4 is 46.5 Å². The number of nitriles is 2. The number of carboxylic acid groups (broad SMARTS) is 1. The van der Waals surface area contributed by atoms with E-state index in [-0.39, 0.29) is 52.8 Å². The van der Waals surface area contributed by atoms with E-state index in [1.54, 1.807) is 44.9 Å². The first-order valence-electron chi connectivity index (χ1n) is 12.4. The predicted octanol–water partition coefficient (Wildman–Crippen LogP) is 3.34. The van der Waals surface area contributed by atoms with E-state index in [0.717, 1.165) is 17.2 Å². The van der Waals surface area contributed by atoms with E-state index in [2.05, 4.69) is 16.0 Å². The molecule has 0 saturated heterocycles. The Morgan fingerprint density at radius 3 is 2.20 bits per heavy atom. The van der Waals surface area contributed by atoms with Crippen LogP contribution in [0, 0.1) is 36.5 Å². The molecule has 41 heavy (non-hydrogen) atoms. The number of urea groups is 1. The van der Waals surface area contributed by atoms with Crippen molar-refractivity contribution in [3.8, 4) is 12.1 Å². The monoisotopic (exact) mass is 553 g/mol. The van der Waals surface area contributed by atoms with E-state index >= 15 is 0 Å². The number of likely N-dealkylation sites (N-methyl/N-ethyl adjacent to an activating group) is 1. The van der Waals surface area contributed by atoms with E-state index in [0.29, 0.717) is 11.4 Å². The number of aliphatic imine (C=N–C) groups is 1. The molecule has 2 aromatic rings. The lowest BCUT2D eigenvalue weighted by Gasteiger charge is -2.20. The lowest BCUT2D eigenvalue weighted by Crippen LogP contribution is -2.36.